The SMILES string of the molecule is O=C(CCN1CCCCC1)NNc1c2ccccc2nc2ccccc12. The summed E-state index contributed by atoms with van der Waals surface area (Å²) in [5.41, 5.74) is 8.77. The molecule has 1 aliphatic heterocycles. The van der Waals surface area contributed by atoms with Crippen molar-refractivity contribution in [2.24, 2.45) is 0 Å². The van der Waals surface area contributed by atoms with Crippen molar-refractivity contribution in [3.63, 3.8) is 0 Å². The maximum absolute atomic E-state index is 12.3. The molecular weight excluding hydrogens is 324 g/mol. The van der Waals surface area contributed by atoms with Crippen LogP contribution in [0.1, 0.15) is 25.7 Å². The third kappa shape index (κ3) is 3.63. The van der Waals surface area contributed by atoms with Gasteiger partial charge in [0.25, 0.3) is 0 Å². The number of rotatable bonds is 5. The summed E-state index contributed by atoms with van der Waals surface area (Å²) in [7, 11) is 0. The molecule has 1 saturated heterocycles. The van der Waals surface area contributed by atoms with E-state index in [1.165, 1.54) is 19.3 Å². The fourth-order valence-corrected chi connectivity index (χ4v) is 3.61. The fraction of sp³-hybridized carbons (Fsp3) is 0.333. The van der Waals surface area contributed by atoms with Crippen LogP contribution in [-0.4, -0.2) is 35.4 Å². The van der Waals surface area contributed by atoms with Gasteiger partial charge in [-0.2, -0.15) is 0 Å². The van der Waals surface area contributed by atoms with Crippen molar-refractivity contribution in [1.29, 1.82) is 0 Å². The van der Waals surface area contributed by atoms with Crippen molar-refractivity contribution in [3.8, 4) is 0 Å². The number of fused-ring (bicyclic) bond motifs is 2. The van der Waals surface area contributed by atoms with Crippen molar-refractivity contribution in [3.05, 3.63) is 48.5 Å². The molecule has 1 aliphatic rings. The Balaban J connectivity index is 1.49. The number of carbonyl (C=O) groups is 1. The lowest BCUT2D eigenvalue weighted by molar-refractivity contribution is -0.121. The molecule has 5 nitrogen and oxygen atoms in total. The Kier molecular flexibility index (Phi) is 4.97. The Hall–Kier alpha value is -2.66. The molecule has 0 spiro atoms. The summed E-state index contributed by atoms with van der Waals surface area (Å²) in [5, 5.41) is 2.00. The first-order chi connectivity index (χ1) is 12.8. The first kappa shape index (κ1) is 16.8. The van der Waals surface area contributed by atoms with Crippen LogP contribution >= 0.6 is 0 Å². The normalized spacial score (nSPS) is 15.2. The molecule has 0 saturated carbocycles. The molecule has 1 aromatic heterocycles. The van der Waals surface area contributed by atoms with Gasteiger partial charge in [-0.25, -0.2) is 4.98 Å². The maximum atomic E-state index is 12.3. The summed E-state index contributed by atoms with van der Waals surface area (Å²) in [6.07, 6.45) is 4.31. The van der Waals surface area contributed by atoms with E-state index in [2.05, 4.69) is 15.8 Å². The second-order valence-corrected chi connectivity index (χ2v) is 6.85. The minimum Gasteiger partial charge on any atom is -0.303 e. The molecule has 0 atom stereocenters. The van der Waals surface area contributed by atoms with Gasteiger partial charge < -0.3 is 4.90 Å². The van der Waals surface area contributed by atoms with E-state index in [0.717, 1.165) is 47.1 Å². The van der Waals surface area contributed by atoms with Crippen LogP contribution in [0.25, 0.3) is 21.8 Å². The molecule has 4 rings (SSSR count). The molecule has 2 heterocycles. The number of piperidine rings is 1. The van der Waals surface area contributed by atoms with E-state index in [-0.39, 0.29) is 5.91 Å². The highest BCUT2D eigenvalue weighted by atomic mass is 16.2. The summed E-state index contributed by atoms with van der Waals surface area (Å²) in [4.78, 5) is 19.4. The lowest BCUT2D eigenvalue weighted by Crippen LogP contribution is -2.36. The zero-order chi connectivity index (χ0) is 17.8. The van der Waals surface area contributed by atoms with E-state index in [9.17, 15) is 4.79 Å². The van der Waals surface area contributed by atoms with Crippen molar-refractivity contribution in [2.75, 3.05) is 25.1 Å². The Bertz CT molecular complexity index is 864. The van der Waals surface area contributed by atoms with Gasteiger partial charge in [0.2, 0.25) is 5.91 Å². The smallest absolute Gasteiger partial charge is 0.239 e. The van der Waals surface area contributed by atoms with Gasteiger partial charge in [0.15, 0.2) is 0 Å². The van der Waals surface area contributed by atoms with Gasteiger partial charge in [-0.05, 0) is 38.1 Å². The summed E-state index contributed by atoms with van der Waals surface area (Å²) < 4.78 is 0. The Morgan fingerprint density at radius 3 is 2.19 bits per heavy atom. The molecular formula is C21H24N4O. The standard InChI is InChI=1S/C21H24N4O/c26-20(12-15-25-13-6-1-7-14-25)23-24-21-16-8-2-4-10-18(16)22-19-11-5-3-9-17(19)21/h2-5,8-11H,1,6-7,12-15H2,(H,22,24)(H,23,26). The number of carbonyl (C=O) groups excluding carboxylic acids is 1. The fourth-order valence-electron chi connectivity index (χ4n) is 3.61. The average Bonchev–Trinajstić information content (AvgIpc) is 2.70. The van der Waals surface area contributed by atoms with Crippen LogP contribution in [0.15, 0.2) is 48.5 Å². The van der Waals surface area contributed by atoms with Crippen molar-refractivity contribution >= 4 is 33.4 Å². The minimum atomic E-state index is 0.0144. The highest BCUT2D eigenvalue weighted by molar-refractivity contribution is 6.07. The summed E-state index contributed by atoms with van der Waals surface area (Å²) >= 11 is 0. The quantitative estimate of drug-likeness (QED) is 0.545. The van der Waals surface area contributed by atoms with Crippen LogP contribution in [-0.2, 0) is 4.79 Å². The highest BCUT2D eigenvalue weighted by Gasteiger charge is 2.13. The lowest BCUT2D eigenvalue weighted by atomic mass is 10.1. The number of hydrogen-bond acceptors (Lipinski definition) is 4. The molecule has 0 radical (unpaired) electrons. The third-order valence-electron chi connectivity index (χ3n) is 5.02. The van der Waals surface area contributed by atoms with Gasteiger partial charge >= 0.3 is 0 Å². The molecule has 26 heavy (non-hydrogen) atoms. The maximum Gasteiger partial charge on any atom is 0.239 e. The number of nitrogens with one attached hydrogen (secondary N) is 2. The van der Waals surface area contributed by atoms with Gasteiger partial charge in [-0.1, -0.05) is 42.8 Å². The van der Waals surface area contributed by atoms with Gasteiger partial charge in [-0.3, -0.25) is 15.6 Å². The molecule has 3 aromatic rings. The zero-order valence-electron chi connectivity index (χ0n) is 14.9. The van der Waals surface area contributed by atoms with Gasteiger partial charge in [-0.15, -0.1) is 0 Å². The molecule has 1 amide bonds. The van der Waals surface area contributed by atoms with Crippen LogP contribution in [0.4, 0.5) is 5.69 Å². The zero-order valence-corrected chi connectivity index (χ0v) is 14.9. The summed E-state index contributed by atoms with van der Waals surface area (Å²) in [6, 6.07) is 16.0. The molecule has 2 aromatic carbocycles. The Morgan fingerprint density at radius 2 is 1.54 bits per heavy atom. The predicted molar refractivity (Wildman–Crippen MR) is 106 cm³/mol. The number of benzene rings is 2. The number of anilines is 1. The lowest BCUT2D eigenvalue weighted by Gasteiger charge is -2.26. The van der Waals surface area contributed by atoms with E-state index < -0.39 is 0 Å². The highest BCUT2D eigenvalue weighted by Crippen LogP contribution is 2.29. The molecule has 1 fully saturated rings. The number of amides is 1. The average molecular weight is 348 g/mol. The van der Waals surface area contributed by atoms with E-state index in [0.29, 0.717) is 6.42 Å². The van der Waals surface area contributed by atoms with Crippen LogP contribution in [0.3, 0.4) is 0 Å². The number of hydrogen-bond donors (Lipinski definition) is 2. The number of nitrogens with zero attached hydrogens (tertiary/aromatic N) is 2. The molecule has 0 aliphatic carbocycles. The first-order valence-corrected chi connectivity index (χ1v) is 9.36. The number of pyridine rings is 1. The number of para-hydroxylation sites is 2. The third-order valence-corrected chi connectivity index (χ3v) is 5.02. The van der Waals surface area contributed by atoms with Gasteiger partial charge in [0.05, 0.1) is 16.7 Å². The Morgan fingerprint density at radius 1 is 0.923 bits per heavy atom. The van der Waals surface area contributed by atoms with Crippen molar-refractivity contribution < 1.29 is 4.79 Å². The molecule has 0 unspecified atom stereocenters. The Labute approximate surface area is 153 Å². The largest absolute Gasteiger partial charge is 0.303 e. The molecule has 2 N–H and O–H groups in total. The van der Waals surface area contributed by atoms with Crippen LogP contribution in [0.5, 0.6) is 0 Å². The van der Waals surface area contributed by atoms with Crippen molar-refractivity contribution in [2.45, 2.75) is 25.7 Å². The van der Waals surface area contributed by atoms with E-state index in [4.69, 9.17) is 4.98 Å². The summed E-state index contributed by atoms with van der Waals surface area (Å²) in [5.74, 6) is 0.0144. The molecule has 134 valence electrons. The molecule has 0 bridgehead atoms. The topological polar surface area (TPSA) is 57.3 Å². The van der Waals surface area contributed by atoms with Crippen LogP contribution in [0.2, 0.25) is 0 Å². The van der Waals surface area contributed by atoms with Crippen molar-refractivity contribution in [1.82, 2.24) is 15.3 Å². The number of aromatic nitrogens is 1. The number of hydrazine groups is 1. The van der Waals surface area contributed by atoms with Gasteiger partial charge in [0.1, 0.15) is 0 Å². The van der Waals surface area contributed by atoms with Crippen LogP contribution < -0.4 is 10.9 Å². The number of likely N-dealkylation sites (tertiary alicyclic amines) is 1. The second kappa shape index (κ2) is 7.70. The molecule has 5 heteroatoms. The van der Waals surface area contributed by atoms with E-state index in [1.807, 2.05) is 48.5 Å². The van der Waals surface area contributed by atoms with Gasteiger partial charge in [0, 0.05) is 23.7 Å². The van der Waals surface area contributed by atoms with Crippen LogP contribution in [0, 0.1) is 0 Å². The minimum absolute atomic E-state index is 0.0144. The predicted octanol–water partition coefficient (Wildman–Crippen LogP) is 3.71. The second-order valence-electron chi connectivity index (χ2n) is 6.85. The summed E-state index contributed by atoms with van der Waals surface area (Å²) in [6.45, 7) is 3.05. The monoisotopic (exact) mass is 348 g/mol. The van der Waals surface area contributed by atoms with E-state index >= 15 is 0 Å². The van der Waals surface area contributed by atoms with E-state index in [1.54, 1.807) is 0 Å². The first-order valence-electron chi connectivity index (χ1n) is 9.36.